The number of carbonyl (C=O) groups is 1. The van der Waals surface area contributed by atoms with Crippen LogP contribution in [0.1, 0.15) is 32.2 Å². The van der Waals surface area contributed by atoms with Crippen LogP contribution in [0.25, 0.3) is 0 Å². The Kier molecular flexibility index (Phi) is 5.68. The summed E-state index contributed by atoms with van der Waals surface area (Å²) in [7, 11) is 0. The SMILES string of the molecule is C=CCN(Cc1cccs1)C(=O)c1ccc(Cn2nc(C)cc2C)cc1. The van der Waals surface area contributed by atoms with E-state index in [9.17, 15) is 4.79 Å². The van der Waals surface area contributed by atoms with Crippen LogP contribution < -0.4 is 0 Å². The summed E-state index contributed by atoms with van der Waals surface area (Å²) in [6.45, 7) is 9.67. The standard InChI is InChI=1S/C21H23N3OS/c1-4-11-23(15-20-6-5-12-26-20)21(25)19-9-7-18(8-10-19)14-24-17(3)13-16(2)22-24/h4-10,12-13H,1,11,14-15H2,2-3H3. The number of hydrogen-bond donors (Lipinski definition) is 0. The van der Waals surface area contributed by atoms with Crippen LogP contribution in [0.4, 0.5) is 0 Å². The van der Waals surface area contributed by atoms with E-state index in [1.807, 2.05) is 58.3 Å². The van der Waals surface area contributed by atoms with Gasteiger partial charge < -0.3 is 4.90 Å². The van der Waals surface area contributed by atoms with Gasteiger partial charge in [0.15, 0.2) is 0 Å². The first-order valence-corrected chi connectivity index (χ1v) is 9.47. The van der Waals surface area contributed by atoms with Gasteiger partial charge in [-0.25, -0.2) is 0 Å². The maximum atomic E-state index is 12.9. The van der Waals surface area contributed by atoms with Crippen LogP contribution in [0.15, 0.2) is 60.5 Å². The number of rotatable bonds is 7. The number of benzene rings is 1. The van der Waals surface area contributed by atoms with E-state index in [4.69, 9.17) is 0 Å². The second kappa shape index (κ2) is 8.15. The zero-order chi connectivity index (χ0) is 18.5. The van der Waals surface area contributed by atoms with Gasteiger partial charge in [0.25, 0.3) is 5.91 Å². The lowest BCUT2D eigenvalue weighted by atomic mass is 10.1. The number of nitrogens with zero attached hydrogens (tertiary/aromatic N) is 3. The molecule has 134 valence electrons. The Morgan fingerprint density at radius 3 is 2.62 bits per heavy atom. The average molecular weight is 366 g/mol. The van der Waals surface area contributed by atoms with E-state index < -0.39 is 0 Å². The van der Waals surface area contributed by atoms with Crippen molar-refractivity contribution in [3.63, 3.8) is 0 Å². The Morgan fingerprint density at radius 2 is 2.04 bits per heavy atom. The van der Waals surface area contributed by atoms with Crippen molar-refractivity contribution in [3.8, 4) is 0 Å². The van der Waals surface area contributed by atoms with Crippen molar-refractivity contribution < 1.29 is 4.79 Å². The number of thiophene rings is 1. The molecule has 0 aliphatic carbocycles. The molecular formula is C21H23N3OS. The van der Waals surface area contributed by atoms with Crippen LogP contribution >= 0.6 is 11.3 Å². The first kappa shape index (κ1) is 18.1. The molecule has 0 saturated carbocycles. The van der Waals surface area contributed by atoms with E-state index in [0.29, 0.717) is 25.2 Å². The van der Waals surface area contributed by atoms with E-state index in [1.54, 1.807) is 17.4 Å². The van der Waals surface area contributed by atoms with Gasteiger partial charge in [-0.2, -0.15) is 5.10 Å². The number of amides is 1. The van der Waals surface area contributed by atoms with Crippen LogP contribution in [-0.4, -0.2) is 27.1 Å². The molecule has 0 aliphatic rings. The van der Waals surface area contributed by atoms with Gasteiger partial charge in [0, 0.05) is 22.7 Å². The van der Waals surface area contributed by atoms with Crippen molar-refractivity contribution in [1.82, 2.24) is 14.7 Å². The van der Waals surface area contributed by atoms with Gasteiger partial charge in [0.1, 0.15) is 0 Å². The number of hydrogen-bond acceptors (Lipinski definition) is 3. The molecule has 0 radical (unpaired) electrons. The van der Waals surface area contributed by atoms with Gasteiger partial charge in [-0.1, -0.05) is 24.3 Å². The van der Waals surface area contributed by atoms with E-state index >= 15 is 0 Å². The van der Waals surface area contributed by atoms with Crippen molar-refractivity contribution in [2.75, 3.05) is 6.54 Å². The summed E-state index contributed by atoms with van der Waals surface area (Å²) in [5, 5.41) is 6.52. The highest BCUT2D eigenvalue weighted by atomic mass is 32.1. The molecule has 4 nitrogen and oxygen atoms in total. The number of aromatic nitrogens is 2. The third-order valence-electron chi connectivity index (χ3n) is 4.20. The second-order valence-electron chi connectivity index (χ2n) is 6.34. The highest BCUT2D eigenvalue weighted by molar-refractivity contribution is 7.09. The van der Waals surface area contributed by atoms with Crippen LogP contribution in [0.5, 0.6) is 0 Å². The minimum Gasteiger partial charge on any atom is -0.330 e. The van der Waals surface area contributed by atoms with Gasteiger partial charge in [-0.15, -0.1) is 17.9 Å². The van der Waals surface area contributed by atoms with Crippen molar-refractivity contribution >= 4 is 17.2 Å². The third-order valence-corrected chi connectivity index (χ3v) is 5.06. The lowest BCUT2D eigenvalue weighted by molar-refractivity contribution is 0.0764. The molecule has 26 heavy (non-hydrogen) atoms. The summed E-state index contributed by atoms with van der Waals surface area (Å²) in [6, 6.07) is 13.9. The van der Waals surface area contributed by atoms with Crippen LogP contribution in [-0.2, 0) is 13.1 Å². The topological polar surface area (TPSA) is 38.1 Å². The molecule has 3 rings (SSSR count). The Morgan fingerprint density at radius 1 is 1.27 bits per heavy atom. The molecule has 0 atom stereocenters. The number of aryl methyl sites for hydroxylation is 2. The van der Waals surface area contributed by atoms with Crippen molar-refractivity contribution in [1.29, 1.82) is 0 Å². The minimum atomic E-state index is 0.0240. The molecule has 1 amide bonds. The van der Waals surface area contributed by atoms with E-state index in [2.05, 4.69) is 24.7 Å². The largest absolute Gasteiger partial charge is 0.330 e. The second-order valence-corrected chi connectivity index (χ2v) is 7.37. The highest BCUT2D eigenvalue weighted by Gasteiger charge is 2.15. The van der Waals surface area contributed by atoms with E-state index in [0.717, 1.165) is 17.0 Å². The third kappa shape index (κ3) is 4.29. The van der Waals surface area contributed by atoms with Gasteiger partial charge >= 0.3 is 0 Å². The molecule has 0 saturated heterocycles. The molecule has 0 aliphatic heterocycles. The fourth-order valence-electron chi connectivity index (χ4n) is 2.91. The Bertz CT molecular complexity index is 879. The van der Waals surface area contributed by atoms with Crippen LogP contribution in [0.2, 0.25) is 0 Å². The van der Waals surface area contributed by atoms with Crippen molar-refractivity contribution in [2.45, 2.75) is 26.9 Å². The molecule has 0 bridgehead atoms. The molecule has 0 fully saturated rings. The fraction of sp³-hybridized carbons (Fsp3) is 0.238. The monoisotopic (exact) mass is 365 g/mol. The Hall–Kier alpha value is -2.66. The summed E-state index contributed by atoms with van der Waals surface area (Å²) in [5.41, 5.74) is 3.97. The smallest absolute Gasteiger partial charge is 0.254 e. The predicted molar refractivity (Wildman–Crippen MR) is 107 cm³/mol. The normalized spacial score (nSPS) is 10.7. The molecule has 0 unspecified atom stereocenters. The lowest BCUT2D eigenvalue weighted by Gasteiger charge is -2.20. The zero-order valence-corrected chi connectivity index (χ0v) is 16.0. The fourth-order valence-corrected chi connectivity index (χ4v) is 3.63. The summed E-state index contributed by atoms with van der Waals surface area (Å²) >= 11 is 1.66. The molecule has 0 spiro atoms. The van der Waals surface area contributed by atoms with Crippen LogP contribution in [0.3, 0.4) is 0 Å². The summed E-state index contributed by atoms with van der Waals surface area (Å²) in [6.07, 6.45) is 1.77. The Labute approximate surface area is 158 Å². The average Bonchev–Trinajstić information content (AvgIpc) is 3.24. The van der Waals surface area contributed by atoms with E-state index in [1.165, 1.54) is 4.88 Å². The predicted octanol–water partition coefficient (Wildman–Crippen LogP) is 4.44. The lowest BCUT2D eigenvalue weighted by Crippen LogP contribution is -2.30. The highest BCUT2D eigenvalue weighted by Crippen LogP contribution is 2.16. The number of carbonyl (C=O) groups excluding carboxylic acids is 1. The molecule has 3 aromatic rings. The molecule has 2 aromatic heterocycles. The van der Waals surface area contributed by atoms with Crippen molar-refractivity contribution in [2.24, 2.45) is 0 Å². The first-order chi connectivity index (χ1) is 12.6. The van der Waals surface area contributed by atoms with Crippen LogP contribution in [0, 0.1) is 13.8 Å². The summed E-state index contributed by atoms with van der Waals surface area (Å²) in [5.74, 6) is 0.0240. The summed E-state index contributed by atoms with van der Waals surface area (Å²) in [4.78, 5) is 15.8. The zero-order valence-electron chi connectivity index (χ0n) is 15.2. The molecule has 5 heteroatoms. The van der Waals surface area contributed by atoms with Crippen molar-refractivity contribution in [3.05, 3.63) is 87.9 Å². The quantitative estimate of drug-likeness (QED) is 0.581. The molecule has 0 N–H and O–H groups in total. The van der Waals surface area contributed by atoms with E-state index in [-0.39, 0.29) is 5.91 Å². The minimum absolute atomic E-state index is 0.0240. The van der Waals surface area contributed by atoms with Gasteiger partial charge in [-0.3, -0.25) is 9.48 Å². The molecular weight excluding hydrogens is 342 g/mol. The maximum absolute atomic E-state index is 12.9. The molecule has 2 heterocycles. The van der Waals surface area contributed by atoms with Gasteiger partial charge in [0.05, 0.1) is 18.8 Å². The Balaban J connectivity index is 1.72. The maximum Gasteiger partial charge on any atom is 0.254 e. The molecule has 1 aromatic carbocycles. The summed E-state index contributed by atoms with van der Waals surface area (Å²) < 4.78 is 1.98. The van der Waals surface area contributed by atoms with Gasteiger partial charge in [0.2, 0.25) is 0 Å². The first-order valence-electron chi connectivity index (χ1n) is 8.59. The van der Waals surface area contributed by atoms with Gasteiger partial charge in [-0.05, 0) is 49.1 Å².